The summed E-state index contributed by atoms with van der Waals surface area (Å²) in [7, 11) is 0. The van der Waals surface area contributed by atoms with Crippen LogP contribution in [-0.2, 0) is 4.79 Å². The Kier molecular flexibility index (Phi) is 4.87. The zero-order valence-electron chi connectivity index (χ0n) is 13.6. The topological polar surface area (TPSA) is 86.5 Å². The molecule has 0 saturated heterocycles. The largest absolute Gasteiger partial charge is 0.454 e. The number of rotatable bonds is 5. The van der Waals surface area contributed by atoms with Gasteiger partial charge in [-0.05, 0) is 36.4 Å². The molecule has 0 spiro atoms. The van der Waals surface area contributed by atoms with Crippen LogP contribution in [0.25, 0.3) is 11.5 Å². The van der Waals surface area contributed by atoms with Crippen LogP contribution in [0.15, 0.2) is 46.0 Å². The number of fused-ring (bicyclic) bond motifs is 1. The van der Waals surface area contributed by atoms with Gasteiger partial charge in [-0.3, -0.25) is 4.79 Å². The fraction of sp³-hybridized carbons (Fsp3) is 0.118. The summed E-state index contributed by atoms with van der Waals surface area (Å²) < 4.78 is 29.8. The Morgan fingerprint density at radius 2 is 2.04 bits per heavy atom. The lowest BCUT2D eigenvalue weighted by Gasteiger charge is -2.05. The second-order valence-corrected chi connectivity index (χ2v) is 6.77. The van der Waals surface area contributed by atoms with Gasteiger partial charge >= 0.3 is 0 Å². The van der Waals surface area contributed by atoms with Gasteiger partial charge in [0.2, 0.25) is 18.6 Å². The first-order valence-electron chi connectivity index (χ1n) is 7.70. The van der Waals surface area contributed by atoms with Crippen LogP contribution in [0, 0.1) is 5.82 Å². The highest BCUT2D eigenvalue weighted by molar-refractivity contribution is 7.99. The summed E-state index contributed by atoms with van der Waals surface area (Å²) in [4.78, 5) is 12.0. The molecule has 0 aliphatic carbocycles. The van der Waals surface area contributed by atoms with E-state index in [1.165, 1.54) is 12.1 Å². The molecular weight excluding hydrogens is 397 g/mol. The Labute approximate surface area is 161 Å². The molecule has 4 rings (SSSR count). The van der Waals surface area contributed by atoms with E-state index >= 15 is 0 Å². The Balaban J connectivity index is 1.37. The van der Waals surface area contributed by atoms with Crippen molar-refractivity contribution in [2.75, 3.05) is 17.9 Å². The van der Waals surface area contributed by atoms with Gasteiger partial charge in [-0.15, -0.1) is 10.2 Å². The molecule has 0 atom stereocenters. The molecule has 7 nitrogen and oxygen atoms in total. The molecule has 0 saturated carbocycles. The van der Waals surface area contributed by atoms with E-state index in [0.717, 1.165) is 17.8 Å². The highest BCUT2D eigenvalue weighted by Crippen LogP contribution is 2.36. The number of nitrogens with one attached hydrogen (secondary N) is 1. The summed E-state index contributed by atoms with van der Waals surface area (Å²) in [6, 6.07) is 9.27. The maximum Gasteiger partial charge on any atom is 0.277 e. The van der Waals surface area contributed by atoms with Gasteiger partial charge in [-0.2, -0.15) is 0 Å². The van der Waals surface area contributed by atoms with Crippen molar-refractivity contribution in [1.29, 1.82) is 0 Å². The van der Waals surface area contributed by atoms with E-state index in [4.69, 9.17) is 25.5 Å². The van der Waals surface area contributed by atoms with Gasteiger partial charge in [-0.1, -0.05) is 23.4 Å². The number of hydrogen-bond acceptors (Lipinski definition) is 7. The van der Waals surface area contributed by atoms with Gasteiger partial charge < -0.3 is 19.2 Å². The molecule has 1 N–H and O–H groups in total. The second kappa shape index (κ2) is 7.45. The fourth-order valence-electron chi connectivity index (χ4n) is 2.32. The Hall–Kier alpha value is -2.78. The molecule has 3 aromatic rings. The molecule has 0 radical (unpaired) electrons. The summed E-state index contributed by atoms with van der Waals surface area (Å²) in [5, 5.41) is 10.8. The predicted molar refractivity (Wildman–Crippen MR) is 96.6 cm³/mol. The molecule has 0 bridgehead atoms. The number of carbonyl (C=O) groups is 1. The molecule has 138 valence electrons. The molecule has 27 heavy (non-hydrogen) atoms. The van der Waals surface area contributed by atoms with Crippen molar-refractivity contribution in [2.45, 2.75) is 5.22 Å². The second-order valence-electron chi connectivity index (χ2n) is 5.40. The number of anilines is 1. The van der Waals surface area contributed by atoms with E-state index in [2.05, 4.69) is 15.5 Å². The third-order valence-corrected chi connectivity index (χ3v) is 4.61. The van der Waals surface area contributed by atoms with E-state index < -0.39 is 11.7 Å². The lowest BCUT2D eigenvalue weighted by atomic mass is 10.2. The Morgan fingerprint density at radius 3 is 2.89 bits per heavy atom. The number of nitrogens with zero attached hydrogens (tertiary/aromatic N) is 2. The third kappa shape index (κ3) is 3.99. The number of hydrogen-bond donors (Lipinski definition) is 1. The SMILES string of the molecule is O=C(CSc1nnc(-c2ccc3c(c2)OCO3)o1)Nc1ccc(Cl)cc1F. The summed E-state index contributed by atoms with van der Waals surface area (Å²) in [6.45, 7) is 0.174. The molecule has 2 aromatic carbocycles. The number of thioether (sulfide) groups is 1. The first-order chi connectivity index (χ1) is 13.1. The summed E-state index contributed by atoms with van der Waals surface area (Å²) >= 11 is 6.72. The van der Waals surface area contributed by atoms with Gasteiger partial charge in [0.1, 0.15) is 5.82 Å². The Morgan fingerprint density at radius 1 is 1.19 bits per heavy atom. The standard InChI is InChI=1S/C17H11ClFN3O4S/c18-10-2-3-12(11(19)6-10)20-15(23)7-27-17-22-21-16(26-17)9-1-4-13-14(5-9)25-8-24-13/h1-6H,7-8H2,(H,20,23). The van der Waals surface area contributed by atoms with Gasteiger partial charge in [0.05, 0.1) is 11.4 Å². The summed E-state index contributed by atoms with van der Waals surface area (Å²) in [6.07, 6.45) is 0. The smallest absolute Gasteiger partial charge is 0.277 e. The maximum absolute atomic E-state index is 13.7. The van der Waals surface area contributed by atoms with E-state index in [0.29, 0.717) is 23.0 Å². The molecular formula is C17H11ClFN3O4S. The number of benzene rings is 2. The number of ether oxygens (including phenoxy) is 2. The number of carbonyl (C=O) groups excluding carboxylic acids is 1. The maximum atomic E-state index is 13.7. The van der Waals surface area contributed by atoms with Crippen LogP contribution in [0.4, 0.5) is 10.1 Å². The van der Waals surface area contributed by atoms with Crippen LogP contribution >= 0.6 is 23.4 Å². The van der Waals surface area contributed by atoms with Gasteiger partial charge in [-0.25, -0.2) is 4.39 Å². The van der Waals surface area contributed by atoms with Crippen molar-refractivity contribution in [3.05, 3.63) is 47.2 Å². The zero-order valence-corrected chi connectivity index (χ0v) is 15.1. The van der Waals surface area contributed by atoms with Gasteiger partial charge in [0.25, 0.3) is 5.22 Å². The van der Waals surface area contributed by atoms with E-state index in [1.54, 1.807) is 18.2 Å². The van der Waals surface area contributed by atoms with Crippen molar-refractivity contribution in [3.8, 4) is 23.0 Å². The van der Waals surface area contributed by atoms with Crippen LogP contribution < -0.4 is 14.8 Å². The van der Waals surface area contributed by atoms with Crippen molar-refractivity contribution < 1.29 is 23.1 Å². The van der Waals surface area contributed by atoms with Crippen molar-refractivity contribution in [2.24, 2.45) is 0 Å². The number of amides is 1. The summed E-state index contributed by atoms with van der Waals surface area (Å²) in [5.41, 5.74) is 0.725. The third-order valence-electron chi connectivity index (χ3n) is 3.56. The quantitative estimate of drug-likeness (QED) is 0.640. The van der Waals surface area contributed by atoms with Crippen molar-refractivity contribution in [3.63, 3.8) is 0 Å². The monoisotopic (exact) mass is 407 g/mol. The fourth-order valence-corrected chi connectivity index (χ4v) is 3.04. The van der Waals surface area contributed by atoms with E-state index in [1.807, 2.05) is 0 Å². The first kappa shape index (κ1) is 17.6. The van der Waals surface area contributed by atoms with Crippen LogP contribution in [0.1, 0.15) is 0 Å². The molecule has 1 aliphatic heterocycles. The minimum atomic E-state index is -0.608. The number of halogens is 2. The molecule has 1 amide bonds. The van der Waals surface area contributed by atoms with E-state index in [-0.39, 0.29) is 28.5 Å². The van der Waals surface area contributed by atoms with Crippen molar-refractivity contribution >= 4 is 35.0 Å². The van der Waals surface area contributed by atoms with Crippen LogP contribution in [0.3, 0.4) is 0 Å². The minimum Gasteiger partial charge on any atom is -0.454 e. The predicted octanol–water partition coefficient (Wildman–Crippen LogP) is 3.99. The highest BCUT2D eigenvalue weighted by Gasteiger charge is 2.17. The normalized spacial score (nSPS) is 12.2. The first-order valence-corrected chi connectivity index (χ1v) is 9.06. The minimum absolute atomic E-state index is 0.0230. The van der Waals surface area contributed by atoms with Crippen LogP contribution in [0.2, 0.25) is 5.02 Å². The van der Waals surface area contributed by atoms with E-state index in [9.17, 15) is 9.18 Å². The lowest BCUT2D eigenvalue weighted by molar-refractivity contribution is -0.113. The van der Waals surface area contributed by atoms with Crippen LogP contribution in [-0.4, -0.2) is 28.7 Å². The van der Waals surface area contributed by atoms with Crippen LogP contribution in [0.5, 0.6) is 11.5 Å². The zero-order chi connectivity index (χ0) is 18.8. The highest BCUT2D eigenvalue weighted by atomic mass is 35.5. The molecule has 0 unspecified atom stereocenters. The Bertz CT molecular complexity index is 1010. The van der Waals surface area contributed by atoms with Gasteiger partial charge in [0.15, 0.2) is 11.5 Å². The molecule has 1 aromatic heterocycles. The van der Waals surface area contributed by atoms with Gasteiger partial charge in [0, 0.05) is 10.6 Å². The number of aromatic nitrogens is 2. The molecule has 10 heteroatoms. The molecule has 0 fully saturated rings. The van der Waals surface area contributed by atoms with Crippen molar-refractivity contribution in [1.82, 2.24) is 10.2 Å². The lowest BCUT2D eigenvalue weighted by Crippen LogP contribution is -2.15. The average Bonchev–Trinajstić information content (AvgIpc) is 3.30. The summed E-state index contributed by atoms with van der Waals surface area (Å²) in [5.74, 6) is 0.501. The average molecular weight is 408 g/mol. The molecule has 2 heterocycles. The molecule has 1 aliphatic rings.